The number of carbonyl (C=O) groups excluding carboxylic acids is 1. The fraction of sp³-hybridized carbons (Fsp3) is 0.350. The lowest BCUT2D eigenvalue weighted by molar-refractivity contribution is -0.117. The van der Waals surface area contributed by atoms with Gasteiger partial charge in [-0.2, -0.15) is 4.98 Å². The molecule has 1 aliphatic heterocycles. The summed E-state index contributed by atoms with van der Waals surface area (Å²) in [7, 11) is 0. The molecule has 0 saturated carbocycles. The van der Waals surface area contributed by atoms with Crippen molar-refractivity contribution >= 4 is 17.4 Å². The third kappa shape index (κ3) is 3.89. The van der Waals surface area contributed by atoms with Crippen molar-refractivity contribution in [1.82, 2.24) is 20.1 Å². The van der Waals surface area contributed by atoms with E-state index in [-0.39, 0.29) is 11.8 Å². The van der Waals surface area contributed by atoms with E-state index in [1.165, 1.54) is 0 Å². The van der Waals surface area contributed by atoms with Gasteiger partial charge in [0.25, 0.3) is 0 Å². The molecule has 1 atom stereocenters. The third-order valence-corrected chi connectivity index (χ3v) is 4.61. The maximum absolute atomic E-state index is 12.6. The number of benzene rings is 1. The first kappa shape index (κ1) is 18.9. The Bertz CT molecular complexity index is 988. The van der Waals surface area contributed by atoms with Gasteiger partial charge in [0.1, 0.15) is 17.3 Å². The molecule has 29 heavy (non-hydrogen) atoms. The molecule has 150 valence electrons. The third-order valence-electron chi connectivity index (χ3n) is 4.61. The lowest BCUT2D eigenvalue weighted by Crippen LogP contribution is -2.25. The number of nitrogens with one attached hydrogen (secondary N) is 1. The Labute approximate surface area is 168 Å². The number of hydrogen-bond acceptors (Lipinski definition) is 8. The molecule has 3 heterocycles. The minimum atomic E-state index is -0.188. The standard InChI is InChI=1S/C20H22N6O3/c1-3-21-17-11-22-14(10-23-17)19-24-20(29-25-19)13-9-18(27)26(12-13)15-7-5-6-8-16(15)28-4-2/h5-8,10-11,13H,3-4,9,12H2,1-2H3,(H,21,23). The average Bonchev–Trinajstić information content (AvgIpc) is 3.37. The lowest BCUT2D eigenvalue weighted by Gasteiger charge is -2.19. The van der Waals surface area contributed by atoms with Gasteiger partial charge in [0.2, 0.25) is 17.6 Å². The number of para-hydroxylation sites is 2. The summed E-state index contributed by atoms with van der Waals surface area (Å²) in [5, 5.41) is 7.10. The van der Waals surface area contributed by atoms with E-state index in [1.807, 2.05) is 38.1 Å². The van der Waals surface area contributed by atoms with Crippen molar-refractivity contribution in [2.24, 2.45) is 0 Å². The number of ether oxygens (including phenoxy) is 1. The molecule has 1 fully saturated rings. The number of nitrogens with zero attached hydrogens (tertiary/aromatic N) is 5. The van der Waals surface area contributed by atoms with Crippen molar-refractivity contribution in [3.05, 3.63) is 42.5 Å². The summed E-state index contributed by atoms with van der Waals surface area (Å²) in [5.74, 6) is 1.96. The van der Waals surface area contributed by atoms with Crippen LogP contribution in [0.5, 0.6) is 5.75 Å². The number of amides is 1. The van der Waals surface area contributed by atoms with Crippen molar-refractivity contribution in [3.63, 3.8) is 0 Å². The van der Waals surface area contributed by atoms with Gasteiger partial charge in [-0.05, 0) is 26.0 Å². The topological polar surface area (TPSA) is 106 Å². The summed E-state index contributed by atoms with van der Waals surface area (Å²) < 4.78 is 11.1. The van der Waals surface area contributed by atoms with Crippen LogP contribution in [0.2, 0.25) is 0 Å². The van der Waals surface area contributed by atoms with Gasteiger partial charge in [-0.1, -0.05) is 17.3 Å². The quantitative estimate of drug-likeness (QED) is 0.652. The average molecular weight is 394 g/mol. The second-order valence-electron chi connectivity index (χ2n) is 6.58. The molecule has 0 bridgehead atoms. The Morgan fingerprint density at radius 1 is 1.24 bits per heavy atom. The zero-order valence-electron chi connectivity index (χ0n) is 16.3. The predicted octanol–water partition coefficient (Wildman–Crippen LogP) is 2.88. The van der Waals surface area contributed by atoms with Crippen LogP contribution in [0.25, 0.3) is 11.5 Å². The summed E-state index contributed by atoms with van der Waals surface area (Å²) in [5.41, 5.74) is 1.27. The molecule has 3 aromatic rings. The Morgan fingerprint density at radius 2 is 2.10 bits per heavy atom. The second kappa shape index (κ2) is 8.26. The van der Waals surface area contributed by atoms with Crippen molar-refractivity contribution in [2.45, 2.75) is 26.2 Å². The van der Waals surface area contributed by atoms with E-state index < -0.39 is 0 Å². The lowest BCUT2D eigenvalue weighted by atomic mass is 10.1. The highest BCUT2D eigenvalue weighted by Gasteiger charge is 2.36. The maximum Gasteiger partial charge on any atom is 0.232 e. The van der Waals surface area contributed by atoms with Crippen molar-refractivity contribution in [2.75, 3.05) is 29.9 Å². The fourth-order valence-corrected chi connectivity index (χ4v) is 3.28. The molecule has 4 rings (SSSR count). The summed E-state index contributed by atoms with van der Waals surface area (Å²) in [6, 6.07) is 7.52. The summed E-state index contributed by atoms with van der Waals surface area (Å²) in [6.07, 6.45) is 3.52. The highest BCUT2D eigenvalue weighted by Crippen LogP contribution is 2.36. The van der Waals surface area contributed by atoms with E-state index in [0.29, 0.717) is 48.5 Å². The largest absolute Gasteiger partial charge is 0.492 e. The summed E-state index contributed by atoms with van der Waals surface area (Å²) in [6.45, 7) is 5.65. The van der Waals surface area contributed by atoms with E-state index in [9.17, 15) is 4.79 Å². The molecule has 0 radical (unpaired) electrons. The van der Waals surface area contributed by atoms with Gasteiger partial charge < -0.3 is 19.5 Å². The number of carbonyl (C=O) groups is 1. The summed E-state index contributed by atoms with van der Waals surface area (Å²) >= 11 is 0. The minimum Gasteiger partial charge on any atom is -0.492 e. The SMILES string of the molecule is CCNc1cnc(-c2noc(C3CC(=O)N(c4ccccc4OCC)C3)n2)cn1. The van der Waals surface area contributed by atoms with Gasteiger partial charge in [-0.15, -0.1) is 0 Å². The zero-order chi connectivity index (χ0) is 20.2. The number of anilines is 2. The first-order chi connectivity index (χ1) is 14.2. The van der Waals surface area contributed by atoms with Crippen LogP contribution in [-0.4, -0.2) is 45.7 Å². The molecule has 1 amide bonds. The summed E-state index contributed by atoms with van der Waals surface area (Å²) in [4.78, 5) is 27.4. The van der Waals surface area contributed by atoms with E-state index >= 15 is 0 Å². The van der Waals surface area contributed by atoms with Crippen molar-refractivity contribution in [3.8, 4) is 17.3 Å². The van der Waals surface area contributed by atoms with Crippen LogP contribution >= 0.6 is 0 Å². The fourth-order valence-electron chi connectivity index (χ4n) is 3.28. The molecule has 9 heteroatoms. The molecule has 2 aromatic heterocycles. The second-order valence-corrected chi connectivity index (χ2v) is 6.58. The van der Waals surface area contributed by atoms with Gasteiger partial charge in [-0.3, -0.25) is 4.79 Å². The highest BCUT2D eigenvalue weighted by atomic mass is 16.5. The molecule has 1 N–H and O–H groups in total. The molecule has 9 nitrogen and oxygen atoms in total. The van der Waals surface area contributed by atoms with Crippen LogP contribution in [0.1, 0.15) is 32.1 Å². The first-order valence-electron chi connectivity index (χ1n) is 9.61. The Morgan fingerprint density at radius 3 is 2.86 bits per heavy atom. The highest BCUT2D eigenvalue weighted by molar-refractivity contribution is 5.97. The molecule has 0 spiro atoms. The van der Waals surface area contributed by atoms with Crippen LogP contribution in [0.15, 0.2) is 41.2 Å². The molecule has 1 saturated heterocycles. The normalized spacial score (nSPS) is 16.3. The molecular formula is C20H22N6O3. The van der Waals surface area contributed by atoms with E-state index in [1.54, 1.807) is 17.3 Å². The van der Waals surface area contributed by atoms with Crippen LogP contribution < -0.4 is 15.0 Å². The van der Waals surface area contributed by atoms with Gasteiger partial charge in [-0.25, -0.2) is 9.97 Å². The molecule has 1 aliphatic rings. The zero-order valence-corrected chi connectivity index (χ0v) is 16.3. The van der Waals surface area contributed by atoms with Crippen molar-refractivity contribution < 1.29 is 14.1 Å². The van der Waals surface area contributed by atoms with Crippen molar-refractivity contribution in [1.29, 1.82) is 0 Å². The van der Waals surface area contributed by atoms with Gasteiger partial charge >= 0.3 is 0 Å². The van der Waals surface area contributed by atoms with Crippen LogP contribution in [0, 0.1) is 0 Å². The van der Waals surface area contributed by atoms with Gasteiger partial charge in [0.15, 0.2) is 0 Å². The number of rotatable bonds is 7. The van der Waals surface area contributed by atoms with Gasteiger partial charge in [0, 0.05) is 19.5 Å². The maximum atomic E-state index is 12.6. The Balaban J connectivity index is 1.51. The molecular weight excluding hydrogens is 372 g/mol. The van der Waals surface area contributed by atoms with E-state index in [2.05, 4.69) is 25.4 Å². The van der Waals surface area contributed by atoms with Crippen LogP contribution in [0.4, 0.5) is 11.5 Å². The smallest absolute Gasteiger partial charge is 0.232 e. The van der Waals surface area contributed by atoms with E-state index in [4.69, 9.17) is 9.26 Å². The Hall–Kier alpha value is -3.49. The number of aromatic nitrogens is 4. The van der Waals surface area contributed by atoms with Crippen LogP contribution in [-0.2, 0) is 4.79 Å². The Kier molecular flexibility index (Phi) is 5.37. The first-order valence-corrected chi connectivity index (χ1v) is 9.61. The molecule has 1 unspecified atom stereocenters. The molecule has 0 aliphatic carbocycles. The number of hydrogen-bond donors (Lipinski definition) is 1. The van der Waals surface area contributed by atoms with E-state index in [0.717, 1.165) is 12.2 Å². The van der Waals surface area contributed by atoms with Crippen LogP contribution in [0.3, 0.4) is 0 Å². The predicted molar refractivity (Wildman–Crippen MR) is 107 cm³/mol. The molecule has 1 aromatic carbocycles. The minimum absolute atomic E-state index is 0.00307. The monoisotopic (exact) mass is 394 g/mol. The van der Waals surface area contributed by atoms with Gasteiger partial charge in [0.05, 0.1) is 30.6 Å².